The Kier molecular flexibility index (Phi) is 5.88. The van der Waals surface area contributed by atoms with E-state index in [0.29, 0.717) is 25.7 Å². The average Bonchev–Trinajstić information content (AvgIpc) is 3.16. The number of piperidine rings is 1. The maximum atomic E-state index is 12.4. The Morgan fingerprint density at radius 1 is 1.25 bits per heavy atom. The lowest BCUT2D eigenvalue weighted by Gasteiger charge is -2.33. The highest BCUT2D eigenvalue weighted by Gasteiger charge is 2.31. The van der Waals surface area contributed by atoms with Crippen molar-refractivity contribution in [3.8, 4) is 5.75 Å². The van der Waals surface area contributed by atoms with Gasteiger partial charge in [0.2, 0.25) is 5.91 Å². The van der Waals surface area contributed by atoms with Crippen LogP contribution in [0.25, 0.3) is 6.08 Å². The Balaban J connectivity index is 1.54. The molecule has 0 saturated carbocycles. The number of para-hydroxylation sites is 1. The second-order valence-corrected chi connectivity index (χ2v) is 6.08. The number of rotatable bonds is 5. The molecule has 2 fully saturated rings. The fourth-order valence-electron chi connectivity index (χ4n) is 3.21. The van der Waals surface area contributed by atoms with E-state index >= 15 is 0 Å². The van der Waals surface area contributed by atoms with Crippen molar-refractivity contribution in [2.45, 2.75) is 26.1 Å². The Bertz CT molecular complexity index is 572. The van der Waals surface area contributed by atoms with Crippen LogP contribution in [0.15, 0.2) is 30.3 Å². The molecule has 0 bridgehead atoms. The minimum Gasteiger partial charge on any atom is -0.493 e. The molecule has 24 heavy (non-hydrogen) atoms. The van der Waals surface area contributed by atoms with Gasteiger partial charge in [0.05, 0.1) is 19.8 Å². The van der Waals surface area contributed by atoms with Gasteiger partial charge in [-0.15, -0.1) is 0 Å². The van der Waals surface area contributed by atoms with Crippen molar-refractivity contribution in [3.63, 3.8) is 0 Å². The molecule has 2 aliphatic heterocycles. The molecule has 1 aromatic carbocycles. The summed E-state index contributed by atoms with van der Waals surface area (Å²) < 4.78 is 16.7. The van der Waals surface area contributed by atoms with E-state index in [1.54, 1.807) is 6.08 Å². The largest absolute Gasteiger partial charge is 0.493 e. The number of carbonyl (C=O) groups is 1. The summed E-state index contributed by atoms with van der Waals surface area (Å²) in [5.41, 5.74) is 0.926. The molecule has 2 saturated heterocycles. The molecule has 1 aromatic rings. The van der Waals surface area contributed by atoms with Crippen molar-refractivity contribution in [1.29, 1.82) is 0 Å². The summed E-state index contributed by atoms with van der Waals surface area (Å²) in [5.74, 6) is 1.26. The van der Waals surface area contributed by atoms with Crippen LogP contribution in [0.5, 0.6) is 5.75 Å². The number of carbonyl (C=O) groups excluding carboxylic acids is 1. The summed E-state index contributed by atoms with van der Waals surface area (Å²) in [6, 6.07) is 7.75. The predicted octanol–water partition coefficient (Wildman–Crippen LogP) is 2.71. The van der Waals surface area contributed by atoms with Gasteiger partial charge in [0.1, 0.15) is 5.75 Å². The van der Waals surface area contributed by atoms with Crippen molar-refractivity contribution in [1.82, 2.24) is 4.90 Å². The molecular weight excluding hydrogens is 306 g/mol. The first kappa shape index (κ1) is 17.0. The smallest absolute Gasteiger partial charge is 0.246 e. The minimum absolute atomic E-state index is 0.0491. The summed E-state index contributed by atoms with van der Waals surface area (Å²) >= 11 is 0. The third kappa shape index (κ3) is 4.16. The molecule has 0 spiro atoms. The molecule has 2 heterocycles. The second kappa shape index (κ2) is 8.31. The normalized spacial score (nSPS) is 20.0. The lowest BCUT2D eigenvalue weighted by atomic mass is 9.96. The van der Waals surface area contributed by atoms with Gasteiger partial charge in [-0.3, -0.25) is 4.79 Å². The summed E-state index contributed by atoms with van der Waals surface area (Å²) in [7, 11) is 0. The van der Waals surface area contributed by atoms with Crippen molar-refractivity contribution < 1.29 is 19.0 Å². The fourth-order valence-corrected chi connectivity index (χ4v) is 3.21. The van der Waals surface area contributed by atoms with E-state index in [4.69, 9.17) is 14.2 Å². The minimum atomic E-state index is -0.0733. The third-order valence-corrected chi connectivity index (χ3v) is 4.51. The van der Waals surface area contributed by atoms with E-state index in [9.17, 15) is 4.79 Å². The number of likely N-dealkylation sites (tertiary alicyclic amines) is 1. The second-order valence-electron chi connectivity index (χ2n) is 6.08. The number of nitrogens with zero attached hydrogens (tertiary/aromatic N) is 1. The maximum absolute atomic E-state index is 12.4. The van der Waals surface area contributed by atoms with Crippen molar-refractivity contribution >= 4 is 12.0 Å². The van der Waals surface area contributed by atoms with Crippen molar-refractivity contribution in [2.75, 3.05) is 32.9 Å². The Labute approximate surface area is 143 Å². The third-order valence-electron chi connectivity index (χ3n) is 4.51. The SMILES string of the molecule is CCOc1ccccc1/C=C/C(=O)N1CCC(C2OCCO2)CC1. The molecule has 0 aliphatic carbocycles. The number of hydrogen-bond donors (Lipinski definition) is 0. The van der Waals surface area contributed by atoms with Gasteiger partial charge in [-0.2, -0.15) is 0 Å². The monoisotopic (exact) mass is 331 g/mol. The molecule has 0 aromatic heterocycles. The van der Waals surface area contributed by atoms with Crippen LogP contribution >= 0.6 is 0 Å². The summed E-state index contributed by atoms with van der Waals surface area (Å²) in [5, 5.41) is 0. The highest BCUT2D eigenvalue weighted by Crippen LogP contribution is 2.26. The molecule has 5 nitrogen and oxygen atoms in total. The quantitative estimate of drug-likeness (QED) is 0.779. The van der Waals surface area contributed by atoms with E-state index in [1.165, 1.54) is 0 Å². The molecular formula is C19H25NO4. The zero-order valence-electron chi connectivity index (χ0n) is 14.1. The van der Waals surface area contributed by atoms with Gasteiger partial charge < -0.3 is 19.1 Å². The van der Waals surface area contributed by atoms with Crippen LogP contribution in [-0.4, -0.2) is 50.0 Å². The Morgan fingerprint density at radius 3 is 2.67 bits per heavy atom. The van der Waals surface area contributed by atoms with E-state index in [1.807, 2.05) is 42.2 Å². The summed E-state index contributed by atoms with van der Waals surface area (Å²) in [6.07, 6.45) is 5.26. The number of benzene rings is 1. The summed E-state index contributed by atoms with van der Waals surface area (Å²) in [4.78, 5) is 14.3. The van der Waals surface area contributed by atoms with E-state index in [0.717, 1.165) is 37.2 Å². The molecule has 0 atom stereocenters. The Morgan fingerprint density at radius 2 is 1.96 bits per heavy atom. The van der Waals surface area contributed by atoms with E-state index in [-0.39, 0.29) is 12.2 Å². The lowest BCUT2D eigenvalue weighted by Crippen LogP contribution is -2.40. The zero-order chi connectivity index (χ0) is 16.8. The van der Waals surface area contributed by atoms with Gasteiger partial charge in [0.25, 0.3) is 0 Å². The number of amides is 1. The van der Waals surface area contributed by atoms with Gasteiger partial charge in [-0.1, -0.05) is 18.2 Å². The fraction of sp³-hybridized carbons (Fsp3) is 0.526. The topological polar surface area (TPSA) is 48.0 Å². The standard InChI is InChI=1S/C19H25NO4/c1-2-22-17-6-4-3-5-15(17)7-8-18(21)20-11-9-16(10-12-20)19-23-13-14-24-19/h3-8,16,19H,2,9-14H2,1H3/b8-7+. The van der Waals surface area contributed by atoms with Crippen molar-refractivity contribution in [3.05, 3.63) is 35.9 Å². The molecule has 0 unspecified atom stereocenters. The first-order valence-corrected chi connectivity index (χ1v) is 8.70. The Hall–Kier alpha value is -1.85. The van der Waals surface area contributed by atoms with E-state index < -0.39 is 0 Å². The van der Waals surface area contributed by atoms with Gasteiger partial charge >= 0.3 is 0 Å². The van der Waals surface area contributed by atoms with Crippen LogP contribution in [0.3, 0.4) is 0 Å². The van der Waals surface area contributed by atoms with Gasteiger partial charge in [-0.25, -0.2) is 0 Å². The maximum Gasteiger partial charge on any atom is 0.246 e. The first-order valence-electron chi connectivity index (χ1n) is 8.70. The van der Waals surface area contributed by atoms with Gasteiger partial charge in [0, 0.05) is 30.6 Å². The van der Waals surface area contributed by atoms with Crippen LogP contribution in [0, 0.1) is 5.92 Å². The molecule has 0 radical (unpaired) electrons. The molecule has 2 aliphatic rings. The van der Waals surface area contributed by atoms with Gasteiger partial charge in [0.15, 0.2) is 6.29 Å². The van der Waals surface area contributed by atoms with Gasteiger partial charge in [-0.05, 0) is 31.9 Å². The number of hydrogen-bond acceptors (Lipinski definition) is 4. The first-order chi connectivity index (χ1) is 11.8. The van der Waals surface area contributed by atoms with Crippen LogP contribution in [-0.2, 0) is 14.3 Å². The molecule has 3 rings (SSSR count). The van der Waals surface area contributed by atoms with Crippen LogP contribution < -0.4 is 4.74 Å². The predicted molar refractivity (Wildman–Crippen MR) is 91.6 cm³/mol. The van der Waals surface area contributed by atoms with Crippen LogP contribution in [0.1, 0.15) is 25.3 Å². The van der Waals surface area contributed by atoms with E-state index in [2.05, 4.69) is 0 Å². The van der Waals surface area contributed by atoms with Crippen molar-refractivity contribution in [2.24, 2.45) is 5.92 Å². The highest BCUT2D eigenvalue weighted by molar-refractivity contribution is 5.92. The zero-order valence-corrected chi connectivity index (χ0v) is 14.1. The average molecular weight is 331 g/mol. The molecule has 130 valence electrons. The molecule has 1 amide bonds. The molecule has 5 heteroatoms. The lowest BCUT2D eigenvalue weighted by molar-refractivity contribution is -0.131. The molecule has 0 N–H and O–H groups in total. The summed E-state index contributed by atoms with van der Waals surface area (Å²) in [6.45, 7) is 5.44. The number of ether oxygens (including phenoxy) is 3. The van der Waals surface area contributed by atoms with Crippen LogP contribution in [0.2, 0.25) is 0 Å². The highest BCUT2D eigenvalue weighted by atomic mass is 16.7. The van der Waals surface area contributed by atoms with Crippen LogP contribution in [0.4, 0.5) is 0 Å².